The van der Waals surface area contributed by atoms with Crippen LogP contribution in [0.2, 0.25) is 5.02 Å². The number of likely N-dealkylation sites (N-methyl/N-ethyl adjacent to an activating group) is 1. The van der Waals surface area contributed by atoms with Gasteiger partial charge in [0.05, 0.1) is 0 Å². The van der Waals surface area contributed by atoms with Gasteiger partial charge in [0, 0.05) is 35.9 Å². The maximum atomic E-state index is 6.06. The third-order valence-electron chi connectivity index (χ3n) is 2.97. The molecular formula is C15H24ClN3S. The number of anilines is 1. The summed E-state index contributed by atoms with van der Waals surface area (Å²) in [6.45, 7) is 7.29. The molecule has 0 atom stereocenters. The van der Waals surface area contributed by atoms with E-state index in [1.54, 1.807) is 0 Å². The Bertz CT molecular complexity index is 460. The summed E-state index contributed by atoms with van der Waals surface area (Å²) in [5.41, 5.74) is 7.76. The van der Waals surface area contributed by atoms with E-state index in [2.05, 4.69) is 37.7 Å². The average Bonchev–Trinajstić information content (AvgIpc) is 2.33. The van der Waals surface area contributed by atoms with Crippen molar-refractivity contribution in [2.75, 3.05) is 38.6 Å². The Labute approximate surface area is 132 Å². The molecule has 1 aromatic rings. The van der Waals surface area contributed by atoms with Gasteiger partial charge in [0.15, 0.2) is 0 Å². The van der Waals surface area contributed by atoms with Crippen LogP contribution in [0, 0.1) is 5.92 Å². The van der Waals surface area contributed by atoms with Crippen molar-refractivity contribution in [1.82, 2.24) is 4.90 Å². The van der Waals surface area contributed by atoms with E-state index in [1.807, 2.05) is 18.2 Å². The molecule has 1 aromatic carbocycles. The normalized spacial score (nSPS) is 11.2. The van der Waals surface area contributed by atoms with Crippen LogP contribution in [0.4, 0.5) is 5.69 Å². The molecule has 0 saturated heterocycles. The molecule has 0 aliphatic carbocycles. The van der Waals surface area contributed by atoms with Crippen LogP contribution in [-0.4, -0.2) is 43.6 Å². The standard InChI is InChI=1S/C15H24ClN3S/c1-11(2)10-19(8-7-18(3)4)14-6-5-12(16)9-13(14)15(17)20/h5-6,9,11H,7-8,10H2,1-4H3,(H2,17,20). The predicted molar refractivity (Wildman–Crippen MR) is 92.9 cm³/mol. The van der Waals surface area contributed by atoms with Crippen molar-refractivity contribution in [2.45, 2.75) is 13.8 Å². The third kappa shape index (κ3) is 5.27. The lowest BCUT2D eigenvalue weighted by atomic mass is 10.1. The molecule has 5 heteroatoms. The molecule has 2 N–H and O–H groups in total. The summed E-state index contributed by atoms with van der Waals surface area (Å²) in [7, 11) is 4.15. The molecule has 3 nitrogen and oxygen atoms in total. The van der Waals surface area contributed by atoms with Gasteiger partial charge in [0.2, 0.25) is 0 Å². The molecule has 1 rings (SSSR count). The van der Waals surface area contributed by atoms with Crippen LogP contribution >= 0.6 is 23.8 Å². The first-order chi connectivity index (χ1) is 9.31. The fraction of sp³-hybridized carbons (Fsp3) is 0.533. The number of hydrogen-bond acceptors (Lipinski definition) is 3. The smallest absolute Gasteiger partial charge is 0.106 e. The summed E-state index contributed by atoms with van der Waals surface area (Å²) in [4.78, 5) is 4.89. The first-order valence-corrected chi connectivity index (χ1v) is 7.59. The summed E-state index contributed by atoms with van der Waals surface area (Å²) in [6, 6.07) is 5.75. The first kappa shape index (κ1) is 17.2. The Morgan fingerprint density at radius 2 is 1.95 bits per heavy atom. The Morgan fingerprint density at radius 1 is 1.30 bits per heavy atom. The Morgan fingerprint density at radius 3 is 2.45 bits per heavy atom. The molecule has 0 fully saturated rings. The third-order valence-corrected chi connectivity index (χ3v) is 3.42. The van der Waals surface area contributed by atoms with Crippen LogP contribution < -0.4 is 10.6 Å². The van der Waals surface area contributed by atoms with Crippen LogP contribution in [0.1, 0.15) is 19.4 Å². The molecule has 112 valence electrons. The molecule has 0 aliphatic heterocycles. The summed E-state index contributed by atoms with van der Waals surface area (Å²) in [6.07, 6.45) is 0. The number of nitrogens with two attached hydrogens (primary N) is 1. The van der Waals surface area contributed by atoms with Crippen molar-refractivity contribution in [3.63, 3.8) is 0 Å². The number of rotatable bonds is 7. The number of nitrogens with zero attached hydrogens (tertiary/aromatic N) is 2. The molecule has 0 aliphatic rings. The van der Waals surface area contributed by atoms with Crippen molar-refractivity contribution < 1.29 is 0 Å². The summed E-state index contributed by atoms with van der Waals surface area (Å²) < 4.78 is 0. The van der Waals surface area contributed by atoms with Gasteiger partial charge in [-0.2, -0.15) is 0 Å². The van der Waals surface area contributed by atoms with Crippen molar-refractivity contribution >= 4 is 34.5 Å². The molecule has 0 radical (unpaired) electrons. The summed E-state index contributed by atoms with van der Waals surface area (Å²) >= 11 is 11.2. The highest BCUT2D eigenvalue weighted by molar-refractivity contribution is 7.80. The zero-order valence-corrected chi connectivity index (χ0v) is 14.3. The van der Waals surface area contributed by atoms with Crippen LogP contribution in [-0.2, 0) is 0 Å². The molecule has 0 amide bonds. The van der Waals surface area contributed by atoms with Crippen molar-refractivity contribution in [3.8, 4) is 0 Å². The predicted octanol–water partition coefficient (Wildman–Crippen LogP) is 3.00. The Hall–Kier alpha value is -0.840. The lowest BCUT2D eigenvalue weighted by Gasteiger charge is -2.30. The van der Waals surface area contributed by atoms with Gasteiger partial charge in [-0.1, -0.05) is 37.7 Å². The maximum Gasteiger partial charge on any atom is 0.106 e. The second-order valence-electron chi connectivity index (χ2n) is 5.67. The molecular weight excluding hydrogens is 290 g/mol. The first-order valence-electron chi connectivity index (χ1n) is 6.80. The van der Waals surface area contributed by atoms with E-state index < -0.39 is 0 Å². The Balaban J connectivity index is 3.08. The van der Waals surface area contributed by atoms with Gasteiger partial charge in [0.1, 0.15) is 4.99 Å². The van der Waals surface area contributed by atoms with E-state index >= 15 is 0 Å². The highest BCUT2D eigenvalue weighted by atomic mass is 35.5. The molecule has 0 bridgehead atoms. The molecule has 0 spiro atoms. The zero-order chi connectivity index (χ0) is 15.3. The summed E-state index contributed by atoms with van der Waals surface area (Å²) in [5.74, 6) is 0.562. The van der Waals surface area contributed by atoms with Gasteiger partial charge in [-0.25, -0.2) is 0 Å². The molecule has 0 unspecified atom stereocenters. The SMILES string of the molecule is CC(C)CN(CCN(C)C)c1ccc(Cl)cc1C(N)=S. The fourth-order valence-corrected chi connectivity index (χ4v) is 2.39. The van der Waals surface area contributed by atoms with Gasteiger partial charge >= 0.3 is 0 Å². The van der Waals surface area contributed by atoms with Gasteiger partial charge in [-0.15, -0.1) is 0 Å². The van der Waals surface area contributed by atoms with Crippen LogP contribution in [0.3, 0.4) is 0 Å². The second-order valence-corrected chi connectivity index (χ2v) is 6.55. The van der Waals surface area contributed by atoms with Gasteiger partial charge in [-0.05, 0) is 38.2 Å². The van der Waals surface area contributed by atoms with E-state index in [0.29, 0.717) is 15.9 Å². The number of benzene rings is 1. The summed E-state index contributed by atoms with van der Waals surface area (Å²) in [5, 5.41) is 0.661. The van der Waals surface area contributed by atoms with Crippen molar-refractivity contribution in [1.29, 1.82) is 0 Å². The number of thiocarbonyl (C=S) groups is 1. The lowest BCUT2D eigenvalue weighted by molar-refractivity contribution is 0.409. The minimum Gasteiger partial charge on any atom is -0.389 e. The fourth-order valence-electron chi connectivity index (χ4n) is 2.05. The molecule has 0 aromatic heterocycles. The van der Waals surface area contributed by atoms with Crippen LogP contribution in [0.5, 0.6) is 0 Å². The van der Waals surface area contributed by atoms with Crippen molar-refractivity contribution in [2.24, 2.45) is 11.7 Å². The quantitative estimate of drug-likeness (QED) is 0.784. The van der Waals surface area contributed by atoms with Gasteiger partial charge in [-0.3, -0.25) is 0 Å². The number of hydrogen-bond donors (Lipinski definition) is 1. The topological polar surface area (TPSA) is 32.5 Å². The Kier molecular flexibility index (Phi) is 6.72. The minimum atomic E-state index is 0.390. The maximum absolute atomic E-state index is 6.06. The van der Waals surface area contributed by atoms with Crippen LogP contribution in [0.15, 0.2) is 18.2 Å². The molecule has 0 heterocycles. The highest BCUT2D eigenvalue weighted by Gasteiger charge is 2.15. The van der Waals surface area contributed by atoms with E-state index in [1.165, 1.54) is 0 Å². The van der Waals surface area contributed by atoms with E-state index in [0.717, 1.165) is 30.9 Å². The largest absolute Gasteiger partial charge is 0.389 e. The van der Waals surface area contributed by atoms with Crippen molar-refractivity contribution in [3.05, 3.63) is 28.8 Å². The molecule has 20 heavy (non-hydrogen) atoms. The van der Waals surface area contributed by atoms with E-state index in [9.17, 15) is 0 Å². The van der Waals surface area contributed by atoms with Gasteiger partial charge < -0.3 is 15.5 Å². The zero-order valence-electron chi connectivity index (χ0n) is 12.7. The molecule has 0 saturated carbocycles. The highest BCUT2D eigenvalue weighted by Crippen LogP contribution is 2.25. The minimum absolute atomic E-state index is 0.390. The average molecular weight is 314 g/mol. The lowest BCUT2D eigenvalue weighted by Crippen LogP contribution is -2.35. The van der Waals surface area contributed by atoms with E-state index in [-0.39, 0.29) is 0 Å². The van der Waals surface area contributed by atoms with Crippen LogP contribution in [0.25, 0.3) is 0 Å². The number of halogens is 1. The second kappa shape index (κ2) is 7.81. The van der Waals surface area contributed by atoms with E-state index in [4.69, 9.17) is 29.6 Å². The van der Waals surface area contributed by atoms with Gasteiger partial charge in [0.25, 0.3) is 0 Å². The monoisotopic (exact) mass is 313 g/mol.